The minimum absolute atomic E-state index is 0.131. The van der Waals surface area contributed by atoms with Crippen molar-refractivity contribution in [2.45, 2.75) is 13.0 Å². The maximum Gasteiger partial charge on any atom is 0.344 e. The summed E-state index contributed by atoms with van der Waals surface area (Å²) in [5, 5.41) is 1.27. The Bertz CT molecular complexity index is 1450. The second-order valence-electron chi connectivity index (χ2n) is 6.82. The lowest BCUT2D eigenvalue weighted by Gasteiger charge is -2.20. The normalized spacial score (nSPS) is 15.4. The predicted molar refractivity (Wildman–Crippen MR) is 109 cm³/mol. The molecule has 1 aromatic heterocycles. The minimum atomic E-state index is -0.650. The van der Waals surface area contributed by atoms with Crippen LogP contribution in [0.3, 0.4) is 0 Å². The summed E-state index contributed by atoms with van der Waals surface area (Å²) >= 11 is 0. The molecule has 0 spiro atoms. The van der Waals surface area contributed by atoms with Gasteiger partial charge in [0.15, 0.2) is 0 Å². The van der Waals surface area contributed by atoms with E-state index in [1.54, 1.807) is 48.5 Å². The first-order valence-corrected chi connectivity index (χ1v) is 9.21. The molecule has 1 unspecified atom stereocenters. The van der Waals surface area contributed by atoms with Crippen LogP contribution in [-0.4, -0.2) is 12.7 Å². The molecule has 0 radical (unpaired) electrons. The maximum absolute atomic E-state index is 12.9. The molecule has 144 valence electrons. The number of hydrogen-bond donors (Lipinski definition) is 0. The average Bonchev–Trinajstić information content (AvgIpc) is 2.71. The number of ether oxygens (including phenoxy) is 2. The van der Waals surface area contributed by atoms with Gasteiger partial charge in [-0.15, -0.1) is 0 Å². The van der Waals surface area contributed by atoms with Crippen LogP contribution < -0.4 is 20.7 Å². The molecule has 29 heavy (non-hydrogen) atoms. The minimum Gasteiger partial charge on any atom is -0.489 e. The van der Waals surface area contributed by atoms with Crippen molar-refractivity contribution in [2.75, 3.05) is 6.61 Å². The molecule has 0 amide bonds. The zero-order valence-corrected chi connectivity index (χ0v) is 15.5. The Hall–Kier alpha value is -3.80. The van der Waals surface area contributed by atoms with Gasteiger partial charge in [0, 0.05) is 0 Å². The maximum atomic E-state index is 12.9. The molecule has 1 atom stereocenters. The summed E-state index contributed by atoms with van der Waals surface area (Å²) in [5.41, 5.74) is -0.704. The monoisotopic (exact) mass is 388 g/mol. The fourth-order valence-corrected chi connectivity index (χ4v) is 3.51. The third-order valence-electron chi connectivity index (χ3n) is 4.80. The Morgan fingerprint density at radius 1 is 0.724 bits per heavy atom. The van der Waals surface area contributed by atoms with E-state index in [0.29, 0.717) is 40.0 Å². The van der Waals surface area contributed by atoms with Crippen molar-refractivity contribution in [1.29, 1.82) is 0 Å². The van der Waals surface area contributed by atoms with E-state index in [2.05, 4.69) is 0 Å². The van der Waals surface area contributed by atoms with Crippen LogP contribution >= 0.6 is 0 Å². The first kappa shape index (κ1) is 17.3. The molecule has 0 saturated heterocycles. The Kier molecular flexibility index (Phi) is 3.98. The van der Waals surface area contributed by atoms with Gasteiger partial charge < -0.3 is 18.3 Å². The number of benzene rings is 3. The molecule has 3 aromatic carbocycles. The van der Waals surface area contributed by atoms with Crippen LogP contribution in [0.25, 0.3) is 32.7 Å². The standard InChI is InChI=1S/C23H16O6/c1-13-12-26-16-8-4-10-18-20(16)21-17(27-13)9-5-11-19(21)29-23(25)15-7-3-2-6-14(15)22(24)28-18/h2-11,13H,12H2,1H3. The largest absolute Gasteiger partial charge is 0.489 e. The highest BCUT2D eigenvalue weighted by atomic mass is 16.5. The highest BCUT2D eigenvalue weighted by molar-refractivity contribution is 6.08. The molecule has 5 rings (SSSR count). The van der Waals surface area contributed by atoms with Gasteiger partial charge in [-0.2, -0.15) is 0 Å². The van der Waals surface area contributed by atoms with E-state index in [0.717, 1.165) is 0 Å². The van der Waals surface area contributed by atoms with Gasteiger partial charge in [-0.25, -0.2) is 9.59 Å². The van der Waals surface area contributed by atoms with E-state index in [9.17, 15) is 9.59 Å². The fraction of sp³-hybridized carbons (Fsp3) is 0.130. The first-order chi connectivity index (χ1) is 14.1. The van der Waals surface area contributed by atoms with E-state index in [4.69, 9.17) is 18.3 Å². The van der Waals surface area contributed by atoms with Gasteiger partial charge in [-0.1, -0.05) is 24.3 Å². The molecule has 6 nitrogen and oxygen atoms in total. The summed E-state index contributed by atoms with van der Waals surface area (Å²) in [7, 11) is 0. The zero-order chi connectivity index (χ0) is 20.0. The molecule has 1 aliphatic heterocycles. The van der Waals surface area contributed by atoms with Gasteiger partial charge in [-0.3, -0.25) is 0 Å². The van der Waals surface area contributed by atoms with Gasteiger partial charge in [0.1, 0.15) is 35.4 Å². The molecule has 0 saturated carbocycles. The molecule has 0 aliphatic carbocycles. The lowest BCUT2D eigenvalue weighted by atomic mass is 10.1. The molecule has 4 aromatic rings. The van der Waals surface area contributed by atoms with Crippen LogP contribution in [0.2, 0.25) is 0 Å². The molecular weight excluding hydrogens is 372 g/mol. The lowest BCUT2D eigenvalue weighted by molar-refractivity contribution is 0.144. The molecule has 0 fully saturated rings. The number of hydrogen-bond acceptors (Lipinski definition) is 6. The predicted octanol–water partition coefficient (Wildman–Crippen LogP) is 4.34. The van der Waals surface area contributed by atoms with E-state index in [1.807, 2.05) is 6.92 Å². The van der Waals surface area contributed by atoms with E-state index >= 15 is 0 Å². The Morgan fingerprint density at radius 3 is 1.90 bits per heavy atom. The van der Waals surface area contributed by atoms with Crippen LogP contribution in [0, 0.1) is 0 Å². The molecule has 6 heteroatoms. The molecule has 1 aliphatic rings. The summed E-state index contributed by atoms with van der Waals surface area (Å²) in [6, 6.07) is 16.8. The van der Waals surface area contributed by atoms with Crippen molar-refractivity contribution in [3.8, 4) is 11.5 Å². The van der Waals surface area contributed by atoms with E-state index in [-0.39, 0.29) is 16.9 Å². The number of fused-ring (bicyclic) bond motifs is 1. The summed E-state index contributed by atoms with van der Waals surface area (Å²) in [6.07, 6.45) is -0.229. The van der Waals surface area contributed by atoms with Gasteiger partial charge in [-0.05, 0) is 43.3 Å². The summed E-state index contributed by atoms with van der Waals surface area (Å²) in [4.78, 5) is 25.7. The Balaban J connectivity index is 2.16. The van der Waals surface area contributed by atoms with Crippen molar-refractivity contribution in [1.82, 2.24) is 0 Å². The number of rotatable bonds is 0. The molecule has 0 bridgehead atoms. The van der Waals surface area contributed by atoms with E-state index in [1.165, 1.54) is 12.1 Å². The highest BCUT2D eigenvalue weighted by Crippen LogP contribution is 2.37. The SMILES string of the molecule is CC1COc2cccc3oc(=O)c4ccccc4c(=O)oc4cccc(c4c23)O1. The van der Waals surface area contributed by atoms with Crippen LogP contribution in [0.15, 0.2) is 79.1 Å². The van der Waals surface area contributed by atoms with E-state index < -0.39 is 11.3 Å². The van der Waals surface area contributed by atoms with Crippen molar-refractivity contribution in [3.05, 3.63) is 81.5 Å². The zero-order valence-electron chi connectivity index (χ0n) is 15.5. The highest BCUT2D eigenvalue weighted by Gasteiger charge is 2.19. The van der Waals surface area contributed by atoms with Crippen molar-refractivity contribution < 1.29 is 18.3 Å². The second-order valence-corrected chi connectivity index (χ2v) is 6.82. The molecular formula is C23H16O6. The summed E-state index contributed by atoms with van der Waals surface area (Å²) in [6.45, 7) is 2.20. The van der Waals surface area contributed by atoms with Gasteiger partial charge in [0.2, 0.25) is 0 Å². The van der Waals surface area contributed by atoms with Gasteiger partial charge in [0.25, 0.3) is 0 Å². The Morgan fingerprint density at radius 2 is 1.28 bits per heavy atom. The average molecular weight is 388 g/mol. The van der Waals surface area contributed by atoms with Crippen molar-refractivity contribution in [3.63, 3.8) is 0 Å². The Labute approximate surface area is 164 Å². The van der Waals surface area contributed by atoms with Crippen LogP contribution in [0.4, 0.5) is 0 Å². The molecule has 0 N–H and O–H groups in total. The lowest BCUT2D eigenvalue weighted by Crippen LogP contribution is -2.22. The third-order valence-corrected chi connectivity index (χ3v) is 4.80. The van der Waals surface area contributed by atoms with Crippen molar-refractivity contribution >= 4 is 32.7 Å². The van der Waals surface area contributed by atoms with Gasteiger partial charge >= 0.3 is 11.3 Å². The van der Waals surface area contributed by atoms with Crippen molar-refractivity contribution in [2.24, 2.45) is 0 Å². The van der Waals surface area contributed by atoms with Crippen LogP contribution in [-0.2, 0) is 0 Å². The molecule has 2 heterocycles. The van der Waals surface area contributed by atoms with Crippen LogP contribution in [0.5, 0.6) is 11.5 Å². The smallest absolute Gasteiger partial charge is 0.344 e. The van der Waals surface area contributed by atoms with Crippen LogP contribution in [0.1, 0.15) is 6.92 Å². The quantitative estimate of drug-likeness (QED) is 0.446. The first-order valence-electron chi connectivity index (χ1n) is 9.21. The topological polar surface area (TPSA) is 78.9 Å². The van der Waals surface area contributed by atoms with Gasteiger partial charge in [0.05, 0.1) is 21.5 Å². The summed E-state index contributed by atoms with van der Waals surface area (Å²) < 4.78 is 23.4. The third kappa shape index (κ3) is 2.89. The fourth-order valence-electron chi connectivity index (χ4n) is 3.51. The second kappa shape index (κ2) is 6.67. The summed E-state index contributed by atoms with van der Waals surface area (Å²) in [5.74, 6) is 1.04.